The number of pyridine rings is 1. The Kier molecular flexibility index (Phi) is 5.68. The summed E-state index contributed by atoms with van der Waals surface area (Å²) in [6.07, 6.45) is 2.07. The summed E-state index contributed by atoms with van der Waals surface area (Å²) in [5, 5.41) is 10.2. The van der Waals surface area contributed by atoms with Crippen molar-refractivity contribution in [2.24, 2.45) is 5.92 Å². The molecule has 0 radical (unpaired) electrons. The van der Waals surface area contributed by atoms with Crippen LogP contribution in [0.5, 0.6) is 17.2 Å². The largest absolute Gasteiger partial charge is 0.493 e. The number of fused-ring (bicyclic) bond motifs is 1. The standard InChI is InChI=1S/C19H26N2O5/c1-24-16-8-15-14(17(25-2)18(16)26-3)7-13(19(23)20-15)10-21-6-4-5-12(9-21)11-22/h7-8,12,22H,4-6,9-11H2,1-3H3,(H,20,23)/t12-/m0/s1. The highest BCUT2D eigenvalue weighted by atomic mass is 16.5. The third-order valence-electron chi connectivity index (χ3n) is 4.98. The number of methoxy groups -OCH3 is 3. The fourth-order valence-corrected chi connectivity index (χ4v) is 3.67. The van der Waals surface area contributed by atoms with Gasteiger partial charge in [0.1, 0.15) is 0 Å². The van der Waals surface area contributed by atoms with Crippen molar-refractivity contribution in [3.05, 3.63) is 28.0 Å². The molecule has 7 heteroatoms. The van der Waals surface area contributed by atoms with Crippen LogP contribution >= 0.6 is 0 Å². The smallest absolute Gasteiger partial charge is 0.252 e. The van der Waals surface area contributed by atoms with Crippen LogP contribution in [0.1, 0.15) is 18.4 Å². The molecule has 3 rings (SSSR count). The lowest BCUT2D eigenvalue weighted by Gasteiger charge is -2.31. The minimum atomic E-state index is -0.127. The molecule has 1 aliphatic heterocycles. The highest BCUT2D eigenvalue weighted by Gasteiger charge is 2.22. The van der Waals surface area contributed by atoms with Gasteiger partial charge in [0.15, 0.2) is 11.5 Å². The summed E-state index contributed by atoms with van der Waals surface area (Å²) in [7, 11) is 4.67. The molecule has 0 unspecified atom stereocenters. The molecule has 1 fully saturated rings. The van der Waals surface area contributed by atoms with E-state index in [-0.39, 0.29) is 18.1 Å². The molecule has 0 spiro atoms. The number of nitrogens with zero attached hydrogens (tertiary/aromatic N) is 1. The lowest BCUT2D eigenvalue weighted by molar-refractivity contribution is 0.115. The quantitative estimate of drug-likeness (QED) is 0.815. The van der Waals surface area contributed by atoms with E-state index < -0.39 is 0 Å². The number of aliphatic hydroxyl groups is 1. The van der Waals surface area contributed by atoms with E-state index in [2.05, 4.69) is 9.88 Å². The Morgan fingerprint density at radius 3 is 2.62 bits per heavy atom. The van der Waals surface area contributed by atoms with E-state index in [9.17, 15) is 9.90 Å². The molecule has 142 valence electrons. The number of aliphatic hydroxyl groups excluding tert-OH is 1. The molecular weight excluding hydrogens is 336 g/mol. The Labute approximate surface area is 152 Å². The van der Waals surface area contributed by atoms with Crippen molar-refractivity contribution in [3.63, 3.8) is 0 Å². The molecule has 1 aromatic heterocycles. The summed E-state index contributed by atoms with van der Waals surface area (Å²) in [5.41, 5.74) is 1.18. The molecule has 1 aromatic carbocycles. The Morgan fingerprint density at radius 2 is 1.96 bits per heavy atom. The van der Waals surface area contributed by atoms with E-state index >= 15 is 0 Å². The summed E-state index contributed by atoms with van der Waals surface area (Å²) in [6, 6.07) is 3.60. The van der Waals surface area contributed by atoms with Crippen LogP contribution in [0.4, 0.5) is 0 Å². The molecule has 0 saturated carbocycles. The van der Waals surface area contributed by atoms with Crippen molar-refractivity contribution in [2.45, 2.75) is 19.4 Å². The second-order valence-corrected chi connectivity index (χ2v) is 6.66. The molecule has 0 bridgehead atoms. The van der Waals surface area contributed by atoms with Gasteiger partial charge in [-0.25, -0.2) is 0 Å². The van der Waals surface area contributed by atoms with E-state index in [4.69, 9.17) is 14.2 Å². The van der Waals surface area contributed by atoms with Crippen LogP contribution in [0.25, 0.3) is 10.9 Å². The highest BCUT2D eigenvalue weighted by molar-refractivity contribution is 5.90. The average Bonchev–Trinajstić information content (AvgIpc) is 2.67. The van der Waals surface area contributed by atoms with E-state index in [0.29, 0.717) is 34.9 Å². The van der Waals surface area contributed by atoms with Gasteiger partial charge in [-0.05, 0) is 31.4 Å². The van der Waals surface area contributed by atoms with Crippen LogP contribution in [0, 0.1) is 5.92 Å². The van der Waals surface area contributed by atoms with Crippen molar-refractivity contribution >= 4 is 10.9 Å². The average molecular weight is 362 g/mol. The fourth-order valence-electron chi connectivity index (χ4n) is 3.67. The van der Waals surface area contributed by atoms with Gasteiger partial charge in [0, 0.05) is 36.7 Å². The van der Waals surface area contributed by atoms with Gasteiger partial charge < -0.3 is 24.3 Å². The first-order chi connectivity index (χ1) is 12.6. The van der Waals surface area contributed by atoms with E-state index in [1.807, 2.05) is 6.07 Å². The molecule has 1 saturated heterocycles. The Morgan fingerprint density at radius 1 is 1.19 bits per heavy atom. The molecule has 26 heavy (non-hydrogen) atoms. The maximum absolute atomic E-state index is 12.6. The number of benzene rings is 1. The molecule has 2 heterocycles. The Balaban J connectivity index is 2.02. The van der Waals surface area contributed by atoms with Crippen molar-refractivity contribution in [1.29, 1.82) is 0 Å². The van der Waals surface area contributed by atoms with Crippen LogP contribution in [-0.2, 0) is 6.54 Å². The Bertz CT molecular complexity index is 833. The molecule has 0 aliphatic carbocycles. The maximum atomic E-state index is 12.6. The van der Waals surface area contributed by atoms with E-state index in [1.165, 1.54) is 0 Å². The van der Waals surface area contributed by atoms with Gasteiger partial charge in [-0.2, -0.15) is 0 Å². The monoisotopic (exact) mass is 362 g/mol. The van der Waals surface area contributed by atoms with Crippen LogP contribution in [0.15, 0.2) is 16.9 Å². The zero-order valence-electron chi connectivity index (χ0n) is 15.5. The minimum Gasteiger partial charge on any atom is -0.493 e. The number of piperidine rings is 1. The predicted octanol–water partition coefficient (Wildman–Crippen LogP) is 1.76. The van der Waals surface area contributed by atoms with Crippen molar-refractivity contribution in [1.82, 2.24) is 9.88 Å². The minimum absolute atomic E-state index is 0.127. The van der Waals surface area contributed by atoms with Crippen molar-refractivity contribution in [3.8, 4) is 17.2 Å². The van der Waals surface area contributed by atoms with Gasteiger partial charge in [-0.15, -0.1) is 0 Å². The topological polar surface area (TPSA) is 84.0 Å². The summed E-state index contributed by atoms with van der Waals surface area (Å²) in [5.74, 6) is 1.81. The number of hydrogen-bond donors (Lipinski definition) is 2. The van der Waals surface area contributed by atoms with Crippen LogP contribution in [0.2, 0.25) is 0 Å². The molecule has 7 nitrogen and oxygen atoms in total. The second-order valence-electron chi connectivity index (χ2n) is 6.66. The number of aromatic nitrogens is 1. The summed E-state index contributed by atoms with van der Waals surface area (Å²) >= 11 is 0. The molecule has 1 atom stereocenters. The Hall–Kier alpha value is -2.25. The molecule has 2 aromatic rings. The third-order valence-corrected chi connectivity index (χ3v) is 4.98. The first kappa shape index (κ1) is 18.5. The number of aromatic amines is 1. The first-order valence-electron chi connectivity index (χ1n) is 8.79. The number of likely N-dealkylation sites (tertiary alicyclic amines) is 1. The van der Waals surface area contributed by atoms with Crippen LogP contribution in [0.3, 0.4) is 0 Å². The van der Waals surface area contributed by atoms with Gasteiger partial charge >= 0.3 is 0 Å². The summed E-state index contributed by atoms with van der Waals surface area (Å²) < 4.78 is 16.3. The van der Waals surface area contributed by atoms with Gasteiger partial charge in [0.05, 0.1) is 26.8 Å². The zero-order chi connectivity index (χ0) is 18.7. The molecule has 2 N–H and O–H groups in total. The number of H-pyrrole nitrogens is 1. The fraction of sp³-hybridized carbons (Fsp3) is 0.526. The molecule has 1 aliphatic rings. The predicted molar refractivity (Wildman–Crippen MR) is 99.3 cm³/mol. The van der Waals surface area contributed by atoms with E-state index in [1.54, 1.807) is 27.4 Å². The number of ether oxygens (including phenoxy) is 3. The van der Waals surface area contributed by atoms with Gasteiger partial charge in [-0.1, -0.05) is 0 Å². The normalized spacial score (nSPS) is 18.1. The SMILES string of the molecule is COc1cc2[nH]c(=O)c(CN3CCC[C@H](CO)C3)cc2c(OC)c1OC. The highest BCUT2D eigenvalue weighted by Crippen LogP contribution is 2.42. The lowest BCUT2D eigenvalue weighted by Crippen LogP contribution is -2.37. The van der Waals surface area contributed by atoms with Crippen LogP contribution in [-0.4, -0.2) is 56.0 Å². The zero-order valence-corrected chi connectivity index (χ0v) is 15.5. The summed E-state index contributed by atoms with van der Waals surface area (Å²) in [6.45, 7) is 2.46. The lowest BCUT2D eigenvalue weighted by atomic mass is 9.98. The van der Waals surface area contributed by atoms with E-state index in [0.717, 1.165) is 31.3 Å². The molecular formula is C19H26N2O5. The number of nitrogens with one attached hydrogen (secondary N) is 1. The van der Waals surface area contributed by atoms with Gasteiger partial charge in [0.25, 0.3) is 5.56 Å². The van der Waals surface area contributed by atoms with Gasteiger partial charge in [-0.3, -0.25) is 9.69 Å². The number of hydrogen-bond acceptors (Lipinski definition) is 6. The van der Waals surface area contributed by atoms with Gasteiger partial charge in [0.2, 0.25) is 5.75 Å². The van der Waals surface area contributed by atoms with Crippen LogP contribution < -0.4 is 19.8 Å². The van der Waals surface area contributed by atoms with Crippen molar-refractivity contribution in [2.75, 3.05) is 41.0 Å². The number of rotatable bonds is 6. The molecule has 0 amide bonds. The maximum Gasteiger partial charge on any atom is 0.252 e. The second kappa shape index (κ2) is 7.97. The first-order valence-corrected chi connectivity index (χ1v) is 8.79. The summed E-state index contributed by atoms with van der Waals surface area (Å²) in [4.78, 5) is 17.7. The van der Waals surface area contributed by atoms with Crippen molar-refractivity contribution < 1.29 is 19.3 Å². The third kappa shape index (κ3) is 3.50.